The largest absolute Gasteiger partial charge is 0.444 e. The summed E-state index contributed by atoms with van der Waals surface area (Å²) in [6.07, 6.45) is 5.65. The molecule has 4 aromatic rings. The third kappa shape index (κ3) is 6.51. The van der Waals surface area contributed by atoms with Crippen molar-refractivity contribution < 1.29 is 9.53 Å². The predicted octanol–water partition coefficient (Wildman–Crippen LogP) is 4.67. The summed E-state index contributed by atoms with van der Waals surface area (Å²) >= 11 is 8.19. The molecule has 1 aliphatic heterocycles. The minimum Gasteiger partial charge on any atom is -0.444 e. The summed E-state index contributed by atoms with van der Waals surface area (Å²) in [5.74, 6) is 0.348. The highest BCUT2D eigenvalue weighted by Crippen LogP contribution is 2.37. The molecule has 0 aliphatic carbocycles. The van der Waals surface area contributed by atoms with Gasteiger partial charge >= 0.3 is 6.09 Å². The minimum absolute atomic E-state index is 0.348. The van der Waals surface area contributed by atoms with Crippen LogP contribution in [0.3, 0.4) is 0 Å². The van der Waals surface area contributed by atoms with Crippen molar-refractivity contribution in [2.75, 3.05) is 36.1 Å². The number of carbonyl (C=O) groups is 1. The molecule has 14 heteroatoms. The Labute approximate surface area is 254 Å². The molecule has 4 N–H and O–H groups in total. The lowest BCUT2D eigenvalue weighted by molar-refractivity contribution is 0.0459. The number of nitrogens with two attached hydrogens (primary N) is 1. The number of hydrogen-bond acceptors (Lipinski definition) is 11. The summed E-state index contributed by atoms with van der Waals surface area (Å²) in [5, 5.41) is 17.1. The fraction of sp³-hybridized carbons (Fsp3) is 0.500. The van der Waals surface area contributed by atoms with Crippen LogP contribution < -0.4 is 21.3 Å². The fourth-order valence-electron chi connectivity index (χ4n) is 5.41. The number of fused-ring (bicyclic) bond motifs is 1. The number of imidazole rings is 1. The number of carbonyl (C=O) groups excluding carboxylic acids is 1. The van der Waals surface area contributed by atoms with Crippen molar-refractivity contribution in [2.24, 2.45) is 0 Å². The highest BCUT2D eigenvalue weighted by atomic mass is 35.5. The molecule has 1 atom stereocenters. The summed E-state index contributed by atoms with van der Waals surface area (Å²) in [7, 11) is 1.83. The van der Waals surface area contributed by atoms with E-state index in [-0.39, 0.29) is 0 Å². The van der Waals surface area contributed by atoms with Gasteiger partial charge in [-0.2, -0.15) is 0 Å². The van der Waals surface area contributed by atoms with E-state index in [1.54, 1.807) is 6.33 Å². The molecule has 1 saturated heterocycles. The SMILES string of the molecule is CCc1cc(Cl)cc(N2CC[C@@](CCc3nnc(NC)s3)(NC(=O)OC(C)(C)C)C2)c1Cn1cnc2c(N)ncnc21. The maximum Gasteiger partial charge on any atom is 0.408 e. The second-order valence-electron chi connectivity index (χ2n) is 11.5. The fourth-order valence-corrected chi connectivity index (χ4v) is 6.34. The quantitative estimate of drug-likeness (QED) is 0.243. The maximum absolute atomic E-state index is 13.1. The van der Waals surface area contributed by atoms with Gasteiger partial charge in [0, 0.05) is 37.3 Å². The van der Waals surface area contributed by atoms with E-state index in [1.807, 2.05) is 44.5 Å². The van der Waals surface area contributed by atoms with Crippen molar-refractivity contribution >= 4 is 56.8 Å². The van der Waals surface area contributed by atoms with Gasteiger partial charge in [-0.15, -0.1) is 10.2 Å². The first-order valence-corrected chi connectivity index (χ1v) is 15.2. The van der Waals surface area contributed by atoms with Crippen molar-refractivity contribution in [3.05, 3.63) is 45.9 Å². The Balaban J connectivity index is 1.47. The van der Waals surface area contributed by atoms with Crippen LogP contribution in [0.1, 0.15) is 56.7 Å². The van der Waals surface area contributed by atoms with Gasteiger partial charge in [-0.25, -0.2) is 19.7 Å². The van der Waals surface area contributed by atoms with Gasteiger partial charge in [0.1, 0.15) is 22.5 Å². The van der Waals surface area contributed by atoms with E-state index in [0.29, 0.717) is 47.9 Å². The number of halogens is 1. The van der Waals surface area contributed by atoms with Crippen LogP contribution in [0.5, 0.6) is 0 Å². The van der Waals surface area contributed by atoms with E-state index in [9.17, 15) is 4.79 Å². The van der Waals surface area contributed by atoms with Gasteiger partial charge in [0.15, 0.2) is 11.5 Å². The molecule has 12 nitrogen and oxygen atoms in total. The number of anilines is 3. The third-order valence-corrected chi connectivity index (χ3v) is 8.60. The summed E-state index contributed by atoms with van der Waals surface area (Å²) in [6, 6.07) is 4.02. The Bertz CT molecular complexity index is 1580. The molecule has 224 valence electrons. The second kappa shape index (κ2) is 11.9. The summed E-state index contributed by atoms with van der Waals surface area (Å²) in [5.41, 5.74) is 9.42. The highest BCUT2D eigenvalue weighted by molar-refractivity contribution is 7.15. The molecule has 1 fully saturated rings. The van der Waals surface area contributed by atoms with E-state index in [0.717, 1.165) is 46.3 Å². The van der Waals surface area contributed by atoms with Crippen LogP contribution in [0.15, 0.2) is 24.8 Å². The summed E-state index contributed by atoms with van der Waals surface area (Å²) in [4.78, 5) is 28.3. The van der Waals surface area contributed by atoms with Gasteiger partial charge < -0.3 is 30.6 Å². The van der Waals surface area contributed by atoms with Crippen LogP contribution in [0.25, 0.3) is 11.2 Å². The van der Waals surface area contributed by atoms with Gasteiger partial charge in [-0.05, 0) is 63.3 Å². The number of rotatable bonds is 9. The standard InChI is InChI=1S/C28H37ClN10O2S/c1-6-17-11-18(29)12-20(19(17)13-39-16-34-22-23(30)32-15-33-24(22)39)38-10-9-28(14-38,35-26(40)41-27(2,3)4)8-7-21-36-37-25(31-5)42-21/h11-12,15-16H,6-10,13-14H2,1-5H3,(H,31,37)(H,35,40)(H2,30,32,33)/t28-/m1/s1. The number of nitrogens with zero attached hydrogens (tertiary/aromatic N) is 7. The van der Waals surface area contributed by atoms with E-state index >= 15 is 0 Å². The molecule has 0 saturated carbocycles. The first-order chi connectivity index (χ1) is 20.0. The molecular formula is C28H37ClN10O2S. The molecule has 1 aliphatic rings. The molecule has 4 heterocycles. The zero-order valence-electron chi connectivity index (χ0n) is 24.6. The molecule has 3 aromatic heterocycles. The van der Waals surface area contributed by atoms with Crippen LogP contribution in [0.2, 0.25) is 5.02 Å². The lowest BCUT2D eigenvalue weighted by atomic mass is 9.92. The first kappa shape index (κ1) is 29.8. The topological polar surface area (TPSA) is 149 Å². The molecule has 1 amide bonds. The molecule has 0 unspecified atom stereocenters. The van der Waals surface area contributed by atoms with E-state index < -0.39 is 17.2 Å². The number of nitrogen functional groups attached to an aromatic ring is 1. The van der Waals surface area contributed by atoms with E-state index in [2.05, 4.69) is 47.6 Å². The average Bonchev–Trinajstić information content (AvgIpc) is 3.67. The number of alkyl carbamates (subject to hydrolysis) is 1. The number of amides is 1. The molecule has 42 heavy (non-hydrogen) atoms. The van der Waals surface area contributed by atoms with E-state index in [4.69, 9.17) is 22.1 Å². The van der Waals surface area contributed by atoms with Crippen molar-refractivity contribution in [1.29, 1.82) is 0 Å². The number of nitrogens with one attached hydrogen (secondary N) is 2. The van der Waals surface area contributed by atoms with Crippen molar-refractivity contribution in [2.45, 2.75) is 71.1 Å². The number of hydrogen-bond donors (Lipinski definition) is 3. The third-order valence-electron chi connectivity index (χ3n) is 7.38. The highest BCUT2D eigenvalue weighted by Gasteiger charge is 2.41. The first-order valence-electron chi connectivity index (χ1n) is 14.0. The monoisotopic (exact) mass is 612 g/mol. The van der Waals surface area contributed by atoms with Crippen molar-refractivity contribution in [1.82, 2.24) is 35.0 Å². The predicted molar refractivity (Wildman–Crippen MR) is 166 cm³/mol. The normalized spacial score (nSPS) is 17.1. The molecule has 5 rings (SSSR count). The molecular weight excluding hydrogens is 576 g/mol. The number of benzene rings is 1. The van der Waals surface area contributed by atoms with Gasteiger partial charge in [0.05, 0.1) is 18.4 Å². The Morgan fingerprint density at radius 3 is 2.76 bits per heavy atom. The molecule has 0 bridgehead atoms. The molecule has 0 radical (unpaired) electrons. The van der Waals surface area contributed by atoms with Crippen molar-refractivity contribution in [3.8, 4) is 0 Å². The molecule has 1 aromatic carbocycles. The van der Waals surface area contributed by atoms with Crippen LogP contribution in [0, 0.1) is 0 Å². The second-order valence-corrected chi connectivity index (χ2v) is 13.0. The maximum atomic E-state index is 13.1. The lowest BCUT2D eigenvalue weighted by Crippen LogP contribution is -2.52. The van der Waals surface area contributed by atoms with Crippen LogP contribution in [-0.4, -0.2) is 67.1 Å². The van der Waals surface area contributed by atoms with Gasteiger partial charge in [0.2, 0.25) is 5.13 Å². The smallest absolute Gasteiger partial charge is 0.408 e. The zero-order chi connectivity index (χ0) is 30.1. The Hall–Kier alpha value is -3.71. The van der Waals surface area contributed by atoms with Gasteiger partial charge in [0.25, 0.3) is 0 Å². The lowest BCUT2D eigenvalue weighted by Gasteiger charge is -2.33. The average molecular weight is 613 g/mol. The van der Waals surface area contributed by atoms with Crippen LogP contribution >= 0.6 is 22.9 Å². The number of ether oxygens (including phenoxy) is 1. The molecule has 0 spiro atoms. The Morgan fingerprint density at radius 1 is 1.24 bits per heavy atom. The number of aryl methyl sites for hydroxylation is 2. The van der Waals surface area contributed by atoms with Crippen LogP contribution in [0.4, 0.5) is 21.4 Å². The summed E-state index contributed by atoms with van der Waals surface area (Å²) < 4.78 is 7.66. The van der Waals surface area contributed by atoms with Gasteiger partial charge in [-0.3, -0.25) is 0 Å². The van der Waals surface area contributed by atoms with E-state index in [1.165, 1.54) is 17.7 Å². The van der Waals surface area contributed by atoms with Gasteiger partial charge in [-0.1, -0.05) is 29.9 Å². The Kier molecular flexibility index (Phi) is 8.42. The zero-order valence-corrected chi connectivity index (χ0v) is 26.1. The Morgan fingerprint density at radius 2 is 2.05 bits per heavy atom. The van der Waals surface area contributed by atoms with Crippen molar-refractivity contribution in [3.63, 3.8) is 0 Å². The summed E-state index contributed by atoms with van der Waals surface area (Å²) in [6.45, 7) is 9.55. The van der Waals surface area contributed by atoms with Crippen LogP contribution in [-0.2, 0) is 24.1 Å². The minimum atomic E-state index is -0.610. The number of aromatic nitrogens is 6.